The summed E-state index contributed by atoms with van der Waals surface area (Å²) in [6, 6.07) is 5.86. The van der Waals surface area contributed by atoms with Crippen LogP contribution in [0.25, 0.3) is 0 Å². The van der Waals surface area contributed by atoms with Crippen molar-refractivity contribution in [2.75, 3.05) is 23.9 Å². The number of benzene rings is 1. The van der Waals surface area contributed by atoms with Crippen molar-refractivity contribution in [3.63, 3.8) is 0 Å². The highest BCUT2D eigenvalue weighted by Crippen LogP contribution is 2.34. The number of aromatic nitrogens is 1. The number of thiazole rings is 1. The van der Waals surface area contributed by atoms with Crippen LogP contribution in [0.4, 0.5) is 11.4 Å². The average Bonchev–Trinajstić information content (AvgIpc) is 2.98. The number of nitrogens with one attached hydrogen (secondary N) is 1. The molecule has 1 atom stereocenters. The lowest BCUT2D eigenvalue weighted by Crippen LogP contribution is -2.35. The summed E-state index contributed by atoms with van der Waals surface area (Å²) in [4.78, 5) is 19.6. The number of nitrogens with zero attached hydrogens (tertiary/aromatic N) is 2. The Labute approximate surface area is 145 Å². The molecule has 0 fully saturated rings. The van der Waals surface area contributed by atoms with Gasteiger partial charge in [0, 0.05) is 17.6 Å². The van der Waals surface area contributed by atoms with E-state index in [1.165, 1.54) is 17.0 Å². The molecule has 1 N–H and O–H groups in total. The molecule has 4 rings (SSSR count). The number of ether oxygens (including phenoxy) is 1. The van der Waals surface area contributed by atoms with Gasteiger partial charge in [-0.1, -0.05) is 6.92 Å². The lowest BCUT2D eigenvalue weighted by molar-refractivity contribution is -0.120. The van der Waals surface area contributed by atoms with Crippen molar-refractivity contribution in [3.8, 4) is 5.75 Å². The first-order chi connectivity index (χ1) is 11.6. The van der Waals surface area contributed by atoms with Gasteiger partial charge in [-0.15, -0.1) is 11.3 Å². The van der Waals surface area contributed by atoms with Gasteiger partial charge in [-0.3, -0.25) is 4.79 Å². The van der Waals surface area contributed by atoms with Gasteiger partial charge in [0.15, 0.2) is 6.61 Å². The van der Waals surface area contributed by atoms with E-state index in [9.17, 15) is 4.79 Å². The van der Waals surface area contributed by atoms with E-state index in [1.807, 2.05) is 29.5 Å². The van der Waals surface area contributed by atoms with Crippen LogP contribution in [0.1, 0.15) is 28.9 Å². The molecule has 2 aliphatic rings. The molecule has 0 bridgehead atoms. The van der Waals surface area contributed by atoms with Crippen LogP contribution < -0.4 is 15.0 Å². The van der Waals surface area contributed by atoms with Crippen molar-refractivity contribution in [3.05, 3.63) is 33.8 Å². The summed E-state index contributed by atoms with van der Waals surface area (Å²) in [5.41, 5.74) is 3.07. The van der Waals surface area contributed by atoms with Gasteiger partial charge >= 0.3 is 0 Å². The highest BCUT2D eigenvalue weighted by molar-refractivity contribution is 7.11. The molecule has 2 heterocycles. The molecule has 1 amide bonds. The molecule has 0 saturated heterocycles. The Kier molecular flexibility index (Phi) is 3.92. The zero-order valence-corrected chi connectivity index (χ0v) is 14.8. The minimum absolute atomic E-state index is 0.0265. The first kappa shape index (κ1) is 15.4. The Bertz CT molecular complexity index is 787. The summed E-state index contributed by atoms with van der Waals surface area (Å²) in [5.74, 6) is 1.50. The van der Waals surface area contributed by atoms with Gasteiger partial charge in [-0.25, -0.2) is 4.98 Å². The highest BCUT2D eigenvalue weighted by Gasteiger charge is 2.23. The second kappa shape index (κ2) is 6.09. The van der Waals surface area contributed by atoms with Crippen LogP contribution in [-0.2, 0) is 24.2 Å². The topological polar surface area (TPSA) is 54.5 Å². The number of carbonyl (C=O) groups is 1. The molecule has 0 saturated carbocycles. The predicted octanol–water partition coefficient (Wildman–Crippen LogP) is 3.24. The summed E-state index contributed by atoms with van der Waals surface area (Å²) >= 11 is 1.83. The van der Waals surface area contributed by atoms with Gasteiger partial charge in [-0.2, -0.15) is 0 Å². The maximum Gasteiger partial charge on any atom is 0.264 e. The van der Waals surface area contributed by atoms with E-state index in [4.69, 9.17) is 9.72 Å². The zero-order valence-electron chi connectivity index (χ0n) is 14.0. The Balaban J connectivity index is 1.48. The van der Waals surface area contributed by atoms with E-state index < -0.39 is 0 Å². The summed E-state index contributed by atoms with van der Waals surface area (Å²) < 4.78 is 5.46. The van der Waals surface area contributed by atoms with Crippen LogP contribution in [0, 0.1) is 5.92 Å². The fourth-order valence-corrected chi connectivity index (χ4v) is 4.45. The number of anilines is 2. The molecule has 1 aliphatic heterocycles. The van der Waals surface area contributed by atoms with Gasteiger partial charge in [0.2, 0.25) is 0 Å². The Hall–Kier alpha value is -2.08. The number of rotatable bonds is 3. The largest absolute Gasteiger partial charge is 0.482 e. The smallest absolute Gasteiger partial charge is 0.264 e. The lowest BCUT2D eigenvalue weighted by Gasteiger charge is -2.26. The molecule has 24 heavy (non-hydrogen) atoms. The molecule has 6 heteroatoms. The number of aryl methyl sites for hydroxylation is 1. The van der Waals surface area contributed by atoms with Crippen LogP contribution in [0.2, 0.25) is 0 Å². The minimum Gasteiger partial charge on any atom is -0.482 e. The van der Waals surface area contributed by atoms with Gasteiger partial charge in [0.05, 0.1) is 17.9 Å². The summed E-state index contributed by atoms with van der Waals surface area (Å²) in [6.45, 7) is 3.14. The van der Waals surface area contributed by atoms with E-state index in [2.05, 4.69) is 12.2 Å². The first-order valence-corrected chi connectivity index (χ1v) is 9.16. The third-order valence-corrected chi connectivity index (χ3v) is 5.84. The lowest BCUT2D eigenvalue weighted by atomic mass is 9.93. The average molecular weight is 343 g/mol. The summed E-state index contributed by atoms with van der Waals surface area (Å²) in [5, 5.41) is 4.55. The van der Waals surface area contributed by atoms with Crippen LogP contribution >= 0.6 is 11.3 Å². The minimum atomic E-state index is -0.0265. The third-order valence-electron chi connectivity index (χ3n) is 4.72. The molecule has 1 aliphatic carbocycles. The van der Waals surface area contributed by atoms with Crippen molar-refractivity contribution in [1.82, 2.24) is 4.98 Å². The van der Waals surface area contributed by atoms with Crippen molar-refractivity contribution in [2.24, 2.45) is 5.92 Å². The summed E-state index contributed by atoms with van der Waals surface area (Å²) in [7, 11) is 1.78. The van der Waals surface area contributed by atoms with E-state index in [-0.39, 0.29) is 12.5 Å². The van der Waals surface area contributed by atoms with Gasteiger partial charge in [0.1, 0.15) is 10.8 Å². The van der Waals surface area contributed by atoms with E-state index in [1.54, 1.807) is 11.9 Å². The maximum atomic E-state index is 11.8. The predicted molar refractivity (Wildman–Crippen MR) is 96.0 cm³/mol. The zero-order chi connectivity index (χ0) is 16.7. The first-order valence-electron chi connectivity index (χ1n) is 8.35. The van der Waals surface area contributed by atoms with Crippen LogP contribution in [0.15, 0.2) is 18.2 Å². The van der Waals surface area contributed by atoms with Crippen LogP contribution in [0.3, 0.4) is 0 Å². The van der Waals surface area contributed by atoms with Gasteiger partial charge in [0.25, 0.3) is 5.91 Å². The van der Waals surface area contributed by atoms with Crippen LogP contribution in [0.5, 0.6) is 5.75 Å². The highest BCUT2D eigenvalue weighted by atomic mass is 32.1. The molecule has 0 spiro atoms. The van der Waals surface area contributed by atoms with Crippen molar-refractivity contribution in [2.45, 2.75) is 32.7 Å². The second-order valence-electron chi connectivity index (χ2n) is 6.60. The number of likely N-dealkylation sites (N-methyl/N-ethyl adjacent to an activating group) is 1. The van der Waals surface area contributed by atoms with Crippen molar-refractivity contribution in [1.29, 1.82) is 0 Å². The Morgan fingerprint density at radius 1 is 1.46 bits per heavy atom. The second-order valence-corrected chi connectivity index (χ2v) is 7.77. The normalized spacial score (nSPS) is 19.5. The van der Waals surface area contributed by atoms with E-state index >= 15 is 0 Å². The van der Waals surface area contributed by atoms with Gasteiger partial charge < -0.3 is 15.0 Å². The molecular weight excluding hydrogens is 322 g/mol. The maximum absolute atomic E-state index is 11.8. The monoisotopic (exact) mass is 343 g/mol. The molecule has 1 aromatic heterocycles. The quantitative estimate of drug-likeness (QED) is 0.930. The molecule has 2 aromatic rings. The molecule has 5 nitrogen and oxygen atoms in total. The molecule has 0 unspecified atom stereocenters. The summed E-state index contributed by atoms with van der Waals surface area (Å²) in [6.07, 6.45) is 3.51. The Morgan fingerprint density at radius 3 is 3.21 bits per heavy atom. The number of hydrogen-bond acceptors (Lipinski definition) is 5. The Morgan fingerprint density at radius 2 is 2.33 bits per heavy atom. The van der Waals surface area contributed by atoms with Crippen LogP contribution in [-0.4, -0.2) is 24.5 Å². The number of carbonyl (C=O) groups excluding carboxylic acids is 1. The van der Waals surface area contributed by atoms with Crippen molar-refractivity contribution >= 4 is 28.6 Å². The molecule has 126 valence electrons. The van der Waals surface area contributed by atoms with Crippen molar-refractivity contribution < 1.29 is 9.53 Å². The fourth-order valence-electron chi connectivity index (χ4n) is 3.23. The fraction of sp³-hybridized carbons (Fsp3) is 0.444. The molecule has 1 aromatic carbocycles. The number of hydrogen-bond donors (Lipinski definition) is 1. The molecule has 0 radical (unpaired) electrons. The van der Waals surface area contributed by atoms with E-state index in [0.29, 0.717) is 6.54 Å². The SMILES string of the molecule is C[C@@H]1CCc2nc(CNc3ccc4c(c3)N(C)C(=O)CO4)sc2C1. The number of fused-ring (bicyclic) bond motifs is 2. The van der Waals surface area contributed by atoms with E-state index in [0.717, 1.165) is 40.9 Å². The van der Waals surface area contributed by atoms with Gasteiger partial charge in [-0.05, 0) is 43.4 Å². The third kappa shape index (κ3) is 2.86. The standard InChI is InChI=1S/C18H21N3O2S/c1-11-3-5-13-16(7-11)24-17(20-13)9-19-12-4-6-15-14(8-12)21(2)18(22)10-23-15/h4,6,8,11,19H,3,5,7,9-10H2,1-2H3/t11-/m1/s1. The number of amides is 1. The molecular formula is C18H21N3O2S.